The molecule has 0 unspecified atom stereocenters. The molecular weight excluding hydrogens is 324 g/mol. The summed E-state index contributed by atoms with van der Waals surface area (Å²) in [6.07, 6.45) is 1.80. The Morgan fingerprint density at radius 1 is 1.33 bits per heavy atom. The summed E-state index contributed by atoms with van der Waals surface area (Å²) in [6.45, 7) is 1.82. The highest BCUT2D eigenvalue weighted by atomic mass is 32.1. The lowest BCUT2D eigenvalue weighted by molar-refractivity contribution is -0.115. The van der Waals surface area contributed by atoms with Crippen molar-refractivity contribution >= 4 is 28.7 Å². The first-order chi connectivity index (χ1) is 11.5. The first-order valence-corrected chi connectivity index (χ1v) is 8.34. The number of hydrogen-bond acceptors (Lipinski definition) is 6. The lowest BCUT2D eigenvalue weighted by atomic mass is 10.2. The molecule has 0 fully saturated rings. The van der Waals surface area contributed by atoms with E-state index in [2.05, 4.69) is 15.3 Å². The highest BCUT2D eigenvalue weighted by molar-refractivity contribution is 7.13. The highest BCUT2D eigenvalue weighted by Gasteiger charge is 2.15. The molecular formula is C17H18N4O2S. The molecule has 7 heteroatoms. The number of nitrogens with zero attached hydrogens (tertiary/aromatic N) is 3. The van der Waals surface area contributed by atoms with Crippen LogP contribution in [0.25, 0.3) is 10.8 Å². The van der Waals surface area contributed by atoms with Crippen LogP contribution in [0, 0.1) is 6.92 Å². The van der Waals surface area contributed by atoms with Gasteiger partial charge in [0.1, 0.15) is 11.6 Å². The van der Waals surface area contributed by atoms with Crippen LogP contribution in [-0.4, -0.2) is 30.0 Å². The van der Waals surface area contributed by atoms with E-state index in [0.717, 1.165) is 10.7 Å². The fraction of sp³-hybridized carbons (Fsp3) is 0.235. The standard InChI is InChI=1S/C17H18N4O2S/c1-11-13(20-17(23-11)14-5-4-8-24-14)9-16(22)19-12-6-7-15(18-10-12)21(2)3/h4-8,10H,9H2,1-3H3,(H,19,22). The van der Waals surface area contributed by atoms with Crippen LogP contribution in [-0.2, 0) is 11.2 Å². The van der Waals surface area contributed by atoms with Crippen molar-refractivity contribution in [1.82, 2.24) is 9.97 Å². The molecule has 124 valence electrons. The van der Waals surface area contributed by atoms with Crippen LogP contribution >= 0.6 is 11.3 Å². The maximum atomic E-state index is 12.2. The van der Waals surface area contributed by atoms with Gasteiger partial charge in [0, 0.05) is 14.1 Å². The summed E-state index contributed by atoms with van der Waals surface area (Å²) in [5, 5.41) is 4.79. The zero-order chi connectivity index (χ0) is 17.1. The van der Waals surface area contributed by atoms with Gasteiger partial charge in [0.2, 0.25) is 11.8 Å². The second kappa shape index (κ2) is 6.84. The summed E-state index contributed by atoms with van der Waals surface area (Å²) < 4.78 is 5.65. The Hall–Kier alpha value is -2.67. The van der Waals surface area contributed by atoms with Gasteiger partial charge < -0.3 is 14.6 Å². The van der Waals surface area contributed by atoms with Crippen LogP contribution in [0.2, 0.25) is 0 Å². The molecule has 3 rings (SSSR count). The first-order valence-electron chi connectivity index (χ1n) is 7.46. The number of aryl methyl sites for hydroxylation is 1. The van der Waals surface area contributed by atoms with Crippen molar-refractivity contribution in [1.29, 1.82) is 0 Å². The van der Waals surface area contributed by atoms with E-state index in [1.54, 1.807) is 17.5 Å². The number of oxazole rings is 1. The molecule has 0 aromatic carbocycles. The summed E-state index contributed by atoms with van der Waals surface area (Å²) in [4.78, 5) is 23.8. The lowest BCUT2D eigenvalue weighted by Gasteiger charge is -2.11. The molecule has 0 saturated heterocycles. The number of nitrogens with one attached hydrogen (secondary N) is 1. The van der Waals surface area contributed by atoms with Gasteiger partial charge in [-0.05, 0) is 30.5 Å². The average molecular weight is 342 g/mol. The number of rotatable bonds is 5. The molecule has 3 aromatic heterocycles. The van der Waals surface area contributed by atoms with Gasteiger partial charge in [-0.25, -0.2) is 9.97 Å². The number of hydrogen-bond donors (Lipinski definition) is 1. The molecule has 0 saturated carbocycles. The summed E-state index contributed by atoms with van der Waals surface area (Å²) in [5.41, 5.74) is 1.30. The Morgan fingerprint density at radius 2 is 2.17 bits per heavy atom. The van der Waals surface area contributed by atoms with Gasteiger partial charge in [-0.1, -0.05) is 6.07 Å². The van der Waals surface area contributed by atoms with Gasteiger partial charge in [-0.2, -0.15) is 0 Å². The van der Waals surface area contributed by atoms with Crippen LogP contribution < -0.4 is 10.2 Å². The van der Waals surface area contributed by atoms with Gasteiger partial charge in [-0.15, -0.1) is 11.3 Å². The number of amides is 1. The Balaban J connectivity index is 1.66. The molecule has 0 atom stereocenters. The fourth-order valence-corrected chi connectivity index (χ4v) is 2.83. The van der Waals surface area contributed by atoms with E-state index in [1.165, 1.54) is 0 Å². The van der Waals surface area contributed by atoms with Crippen molar-refractivity contribution < 1.29 is 9.21 Å². The number of thiophene rings is 1. The summed E-state index contributed by atoms with van der Waals surface area (Å²) in [5.74, 6) is 1.90. The van der Waals surface area contributed by atoms with Gasteiger partial charge in [-0.3, -0.25) is 4.79 Å². The molecule has 0 radical (unpaired) electrons. The largest absolute Gasteiger partial charge is 0.440 e. The average Bonchev–Trinajstić information content (AvgIpc) is 3.18. The van der Waals surface area contributed by atoms with E-state index in [1.807, 2.05) is 55.6 Å². The maximum absolute atomic E-state index is 12.2. The number of anilines is 2. The van der Waals surface area contributed by atoms with E-state index in [-0.39, 0.29) is 12.3 Å². The van der Waals surface area contributed by atoms with E-state index >= 15 is 0 Å². The Kier molecular flexibility index (Phi) is 4.61. The predicted octanol–water partition coefficient (Wildman–Crippen LogP) is 3.35. The first kappa shape index (κ1) is 16.2. The molecule has 0 spiro atoms. The molecule has 24 heavy (non-hydrogen) atoms. The van der Waals surface area contributed by atoms with Crippen molar-refractivity contribution in [2.24, 2.45) is 0 Å². The monoisotopic (exact) mass is 342 g/mol. The van der Waals surface area contributed by atoms with Crippen molar-refractivity contribution in [3.63, 3.8) is 0 Å². The Bertz CT molecular complexity index is 823. The molecule has 0 aliphatic rings. The zero-order valence-electron chi connectivity index (χ0n) is 13.7. The van der Waals surface area contributed by atoms with E-state index in [9.17, 15) is 4.79 Å². The van der Waals surface area contributed by atoms with Crippen LogP contribution in [0.4, 0.5) is 11.5 Å². The smallest absolute Gasteiger partial charge is 0.236 e. The van der Waals surface area contributed by atoms with Crippen LogP contribution in [0.5, 0.6) is 0 Å². The number of carbonyl (C=O) groups is 1. The van der Waals surface area contributed by atoms with E-state index < -0.39 is 0 Å². The third-order valence-corrected chi connectivity index (χ3v) is 4.30. The Labute approximate surface area is 144 Å². The third-order valence-electron chi connectivity index (χ3n) is 3.44. The summed E-state index contributed by atoms with van der Waals surface area (Å²) in [6, 6.07) is 7.56. The SMILES string of the molecule is Cc1oc(-c2cccs2)nc1CC(=O)Nc1ccc(N(C)C)nc1. The van der Waals surface area contributed by atoms with Gasteiger partial charge >= 0.3 is 0 Å². The molecule has 3 aromatic rings. The molecule has 0 bridgehead atoms. The predicted molar refractivity (Wildman–Crippen MR) is 95.5 cm³/mol. The minimum Gasteiger partial charge on any atom is -0.440 e. The Morgan fingerprint density at radius 3 is 2.79 bits per heavy atom. The quantitative estimate of drug-likeness (QED) is 0.770. The summed E-state index contributed by atoms with van der Waals surface area (Å²) >= 11 is 1.55. The number of aromatic nitrogens is 2. The van der Waals surface area contributed by atoms with E-state index in [0.29, 0.717) is 23.0 Å². The minimum absolute atomic E-state index is 0.150. The molecule has 0 aliphatic heterocycles. The van der Waals surface area contributed by atoms with Crippen LogP contribution in [0.1, 0.15) is 11.5 Å². The summed E-state index contributed by atoms with van der Waals surface area (Å²) in [7, 11) is 3.83. The second-order valence-corrected chi connectivity index (χ2v) is 6.47. The zero-order valence-corrected chi connectivity index (χ0v) is 14.6. The van der Waals surface area contributed by atoms with Crippen LogP contribution in [0.3, 0.4) is 0 Å². The molecule has 3 heterocycles. The third kappa shape index (κ3) is 3.62. The number of carbonyl (C=O) groups excluding carboxylic acids is 1. The van der Waals surface area contributed by atoms with Crippen molar-refractivity contribution in [2.45, 2.75) is 13.3 Å². The van der Waals surface area contributed by atoms with Gasteiger partial charge in [0.25, 0.3) is 0 Å². The van der Waals surface area contributed by atoms with Crippen molar-refractivity contribution in [2.75, 3.05) is 24.3 Å². The number of pyridine rings is 1. The maximum Gasteiger partial charge on any atom is 0.236 e. The fourth-order valence-electron chi connectivity index (χ4n) is 2.18. The molecule has 0 aliphatic carbocycles. The van der Waals surface area contributed by atoms with Gasteiger partial charge in [0.15, 0.2) is 0 Å². The topological polar surface area (TPSA) is 71.3 Å². The van der Waals surface area contributed by atoms with Crippen molar-refractivity contribution in [3.8, 4) is 10.8 Å². The van der Waals surface area contributed by atoms with Crippen molar-refractivity contribution in [3.05, 3.63) is 47.3 Å². The second-order valence-electron chi connectivity index (χ2n) is 5.52. The lowest BCUT2D eigenvalue weighted by Crippen LogP contribution is -2.16. The van der Waals surface area contributed by atoms with E-state index in [4.69, 9.17) is 4.42 Å². The van der Waals surface area contributed by atoms with Crippen LogP contribution in [0.15, 0.2) is 40.3 Å². The highest BCUT2D eigenvalue weighted by Crippen LogP contribution is 2.26. The minimum atomic E-state index is -0.150. The molecule has 1 N–H and O–H groups in total. The molecule has 1 amide bonds. The normalized spacial score (nSPS) is 10.6. The van der Waals surface area contributed by atoms with Gasteiger partial charge in [0.05, 0.1) is 28.9 Å². The molecule has 6 nitrogen and oxygen atoms in total.